The van der Waals surface area contributed by atoms with E-state index in [1.807, 2.05) is 0 Å². The van der Waals surface area contributed by atoms with Crippen LogP contribution >= 0.6 is 0 Å². The highest BCUT2D eigenvalue weighted by Gasteiger charge is 2.29. The van der Waals surface area contributed by atoms with Crippen LogP contribution in [0.25, 0.3) is 10.9 Å². The molecule has 0 aliphatic carbocycles. The first-order valence-electron chi connectivity index (χ1n) is 13.1. The van der Waals surface area contributed by atoms with Crippen molar-refractivity contribution in [2.24, 2.45) is 0 Å². The molecule has 3 heterocycles. The summed E-state index contributed by atoms with van der Waals surface area (Å²) in [5.74, 6) is 2.52. The topological polar surface area (TPSA) is 58.8 Å². The Hall–Kier alpha value is -3.48. The molecule has 0 spiro atoms. The summed E-state index contributed by atoms with van der Waals surface area (Å²) in [6.45, 7) is 5.04. The minimum Gasteiger partial charge on any atom is -0.496 e. The highest BCUT2D eigenvalue weighted by molar-refractivity contribution is 5.85. The van der Waals surface area contributed by atoms with Gasteiger partial charge in [-0.05, 0) is 72.4 Å². The summed E-state index contributed by atoms with van der Waals surface area (Å²) in [5.41, 5.74) is 9.03. The van der Waals surface area contributed by atoms with Crippen LogP contribution in [0.1, 0.15) is 52.5 Å². The smallest absolute Gasteiger partial charge is 0.161 e. The number of H-pyrrole nitrogens is 1. The lowest BCUT2D eigenvalue weighted by atomic mass is 9.91. The van der Waals surface area contributed by atoms with E-state index in [0.717, 1.165) is 49.7 Å². The Kier molecular flexibility index (Phi) is 6.31. The van der Waals surface area contributed by atoms with E-state index < -0.39 is 0 Å². The number of benzene rings is 3. The molecule has 37 heavy (non-hydrogen) atoms. The number of aromatic amines is 1. The third kappa shape index (κ3) is 4.14. The summed E-state index contributed by atoms with van der Waals surface area (Å²) in [7, 11) is 5.16. The molecule has 0 fully saturated rings. The maximum atomic E-state index is 5.83. The van der Waals surface area contributed by atoms with Gasteiger partial charge in [-0.2, -0.15) is 0 Å². The fraction of sp³-hybridized carbons (Fsp3) is 0.355. The van der Waals surface area contributed by atoms with Gasteiger partial charge in [0.25, 0.3) is 0 Å². The summed E-state index contributed by atoms with van der Waals surface area (Å²) < 4.78 is 17.0. The van der Waals surface area contributed by atoms with Crippen molar-refractivity contribution in [2.75, 3.05) is 34.4 Å². The molecule has 2 N–H and O–H groups in total. The number of aromatic nitrogens is 1. The number of para-hydroxylation sites is 1. The molecular weight excluding hydrogens is 462 g/mol. The number of hydrogen-bond acceptors (Lipinski definition) is 5. The molecule has 4 aromatic rings. The molecule has 2 aliphatic heterocycles. The largest absolute Gasteiger partial charge is 0.496 e. The van der Waals surface area contributed by atoms with Gasteiger partial charge in [0.1, 0.15) is 5.75 Å². The number of nitrogens with zero attached hydrogens (tertiary/aromatic N) is 1. The molecule has 1 aromatic heterocycles. The van der Waals surface area contributed by atoms with Crippen molar-refractivity contribution >= 4 is 10.9 Å². The van der Waals surface area contributed by atoms with Crippen LogP contribution in [0.2, 0.25) is 0 Å². The number of rotatable bonds is 6. The van der Waals surface area contributed by atoms with Gasteiger partial charge in [0.15, 0.2) is 11.5 Å². The van der Waals surface area contributed by atoms with Gasteiger partial charge in [0.2, 0.25) is 0 Å². The Morgan fingerprint density at radius 3 is 2.49 bits per heavy atom. The monoisotopic (exact) mass is 497 g/mol. The number of nitrogens with one attached hydrogen (secondary N) is 2. The van der Waals surface area contributed by atoms with E-state index in [4.69, 9.17) is 14.2 Å². The van der Waals surface area contributed by atoms with Crippen molar-refractivity contribution in [3.05, 3.63) is 88.1 Å². The molecule has 2 aliphatic rings. The Balaban J connectivity index is 1.32. The summed E-state index contributed by atoms with van der Waals surface area (Å²) in [4.78, 5) is 6.23. The molecule has 0 unspecified atom stereocenters. The van der Waals surface area contributed by atoms with E-state index in [1.54, 1.807) is 21.3 Å². The SMILES string of the molecule is COc1ccc([C@@H]2NCCc3c2[nH]c2ccccc32)cc1CN1CCc2cc(OC)c(OC)cc2[C@@H]1C. The third-order valence-electron chi connectivity index (χ3n) is 8.18. The average molecular weight is 498 g/mol. The quantitative estimate of drug-likeness (QED) is 0.366. The predicted molar refractivity (Wildman–Crippen MR) is 147 cm³/mol. The van der Waals surface area contributed by atoms with Crippen molar-refractivity contribution in [1.29, 1.82) is 0 Å². The van der Waals surface area contributed by atoms with Gasteiger partial charge in [-0.3, -0.25) is 4.90 Å². The molecular formula is C31H35N3O3. The Labute approximate surface area is 218 Å². The third-order valence-corrected chi connectivity index (χ3v) is 8.18. The maximum Gasteiger partial charge on any atom is 0.161 e. The molecule has 0 saturated carbocycles. The van der Waals surface area contributed by atoms with Crippen LogP contribution in [0.15, 0.2) is 54.6 Å². The van der Waals surface area contributed by atoms with E-state index in [0.29, 0.717) is 0 Å². The molecule has 192 valence electrons. The Morgan fingerprint density at radius 1 is 0.892 bits per heavy atom. The zero-order chi connectivity index (χ0) is 25.5. The molecule has 0 radical (unpaired) electrons. The van der Waals surface area contributed by atoms with Crippen molar-refractivity contribution < 1.29 is 14.2 Å². The molecule has 2 atom stereocenters. The van der Waals surface area contributed by atoms with Crippen LogP contribution in [0.4, 0.5) is 0 Å². The van der Waals surface area contributed by atoms with Gasteiger partial charge in [-0.1, -0.05) is 24.3 Å². The molecule has 6 heteroatoms. The van der Waals surface area contributed by atoms with Crippen LogP contribution in [-0.4, -0.2) is 44.3 Å². The second-order valence-corrected chi connectivity index (χ2v) is 10.1. The van der Waals surface area contributed by atoms with Crippen LogP contribution in [0, 0.1) is 0 Å². The van der Waals surface area contributed by atoms with E-state index in [1.165, 1.54) is 44.4 Å². The molecule has 0 saturated heterocycles. The summed E-state index contributed by atoms with van der Waals surface area (Å²) >= 11 is 0. The lowest BCUT2D eigenvalue weighted by Gasteiger charge is -2.36. The minimum absolute atomic E-state index is 0.136. The van der Waals surface area contributed by atoms with Gasteiger partial charge in [-0.25, -0.2) is 0 Å². The zero-order valence-electron chi connectivity index (χ0n) is 22.1. The highest BCUT2D eigenvalue weighted by Crippen LogP contribution is 2.40. The lowest BCUT2D eigenvalue weighted by molar-refractivity contribution is 0.186. The summed E-state index contributed by atoms with van der Waals surface area (Å²) in [6.07, 6.45) is 2.02. The average Bonchev–Trinajstić information content (AvgIpc) is 3.33. The molecule has 6 nitrogen and oxygen atoms in total. The van der Waals surface area contributed by atoms with Crippen LogP contribution in [0.3, 0.4) is 0 Å². The maximum absolute atomic E-state index is 5.83. The van der Waals surface area contributed by atoms with Gasteiger partial charge < -0.3 is 24.5 Å². The second-order valence-electron chi connectivity index (χ2n) is 10.1. The van der Waals surface area contributed by atoms with Gasteiger partial charge in [0.05, 0.1) is 27.4 Å². The first-order chi connectivity index (χ1) is 18.1. The standard InChI is InChI=1S/C31H35N3O3/c1-19-25-17-29(37-4)28(36-3)16-20(25)12-14-34(19)18-22-15-21(9-10-27(22)35-2)30-31-24(11-13-32-30)23-7-5-6-8-26(23)33-31/h5-10,15-17,19,30,32-33H,11-14,18H2,1-4H3/t19-,30-/m0/s1. The fourth-order valence-electron chi connectivity index (χ4n) is 6.20. The number of methoxy groups -OCH3 is 3. The predicted octanol–water partition coefficient (Wildman–Crippen LogP) is 5.55. The van der Waals surface area contributed by atoms with Crippen molar-refractivity contribution in [3.8, 4) is 17.2 Å². The first kappa shape index (κ1) is 23.9. The number of hydrogen-bond donors (Lipinski definition) is 2. The van der Waals surface area contributed by atoms with E-state index >= 15 is 0 Å². The lowest BCUT2D eigenvalue weighted by Crippen LogP contribution is -2.34. The second kappa shape index (κ2) is 9.77. The Morgan fingerprint density at radius 2 is 1.68 bits per heavy atom. The van der Waals surface area contributed by atoms with E-state index in [9.17, 15) is 0 Å². The number of ether oxygens (including phenoxy) is 3. The fourth-order valence-corrected chi connectivity index (χ4v) is 6.20. The molecule has 0 amide bonds. The first-order valence-corrected chi connectivity index (χ1v) is 13.1. The van der Waals surface area contributed by atoms with Crippen LogP contribution < -0.4 is 19.5 Å². The summed E-state index contributed by atoms with van der Waals surface area (Å²) in [5, 5.41) is 5.09. The van der Waals surface area contributed by atoms with Crippen molar-refractivity contribution in [3.63, 3.8) is 0 Å². The van der Waals surface area contributed by atoms with Crippen LogP contribution in [-0.2, 0) is 19.4 Å². The highest BCUT2D eigenvalue weighted by atomic mass is 16.5. The van der Waals surface area contributed by atoms with Gasteiger partial charge in [0, 0.05) is 47.8 Å². The van der Waals surface area contributed by atoms with Gasteiger partial charge in [-0.15, -0.1) is 0 Å². The molecule has 0 bridgehead atoms. The van der Waals surface area contributed by atoms with E-state index in [2.05, 4.69) is 76.7 Å². The minimum atomic E-state index is 0.136. The van der Waals surface area contributed by atoms with Crippen molar-refractivity contribution in [1.82, 2.24) is 15.2 Å². The number of fused-ring (bicyclic) bond motifs is 4. The summed E-state index contributed by atoms with van der Waals surface area (Å²) in [6, 6.07) is 19.9. The van der Waals surface area contributed by atoms with E-state index in [-0.39, 0.29) is 12.1 Å². The van der Waals surface area contributed by atoms with Crippen molar-refractivity contribution in [2.45, 2.75) is 38.4 Å². The zero-order valence-corrected chi connectivity index (χ0v) is 22.1. The normalized spacial score (nSPS) is 19.4. The Bertz CT molecular complexity index is 1440. The van der Waals surface area contributed by atoms with Crippen LogP contribution in [0.5, 0.6) is 17.2 Å². The molecule has 6 rings (SSSR count). The van der Waals surface area contributed by atoms with Gasteiger partial charge >= 0.3 is 0 Å². The molecule has 3 aromatic carbocycles.